The van der Waals surface area contributed by atoms with Crippen LogP contribution in [0.4, 0.5) is 0 Å². The van der Waals surface area contributed by atoms with Gasteiger partial charge >= 0.3 is 8.80 Å². The van der Waals surface area contributed by atoms with E-state index in [1.54, 1.807) is 32.7 Å². The number of hydrogen-bond donors (Lipinski definition) is 0. The van der Waals surface area contributed by atoms with Crippen molar-refractivity contribution in [2.75, 3.05) is 21.3 Å². The van der Waals surface area contributed by atoms with Crippen LogP contribution < -0.4 is 4.57 Å². The third-order valence-electron chi connectivity index (χ3n) is 3.00. The fourth-order valence-corrected chi connectivity index (χ4v) is 4.42. The molecule has 0 N–H and O–H groups in total. The lowest BCUT2D eigenvalue weighted by Gasteiger charge is -2.23. The summed E-state index contributed by atoms with van der Waals surface area (Å²) in [5.41, 5.74) is 1.31. The van der Waals surface area contributed by atoms with Gasteiger partial charge in [-0.05, 0) is 0 Å². The molecule has 6 heteroatoms. The van der Waals surface area contributed by atoms with Gasteiger partial charge in [0, 0.05) is 47.6 Å². The summed E-state index contributed by atoms with van der Waals surface area (Å²) in [6.07, 6.45) is 1.00. The lowest BCUT2D eigenvalue weighted by Crippen LogP contribution is -2.44. The Morgan fingerprint density at radius 1 is 1.18 bits per heavy atom. The molecule has 0 saturated carbocycles. The molecule has 0 saturated heterocycles. The van der Waals surface area contributed by atoms with Crippen LogP contribution in [-0.2, 0) is 19.8 Å². The molecule has 0 aromatic carbocycles. The van der Waals surface area contributed by atoms with Gasteiger partial charge in [0.15, 0.2) is 5.69 Å². The van der Waals surface area contributed by atoms with Gasteiger partial charge in [-0.1, -0.05) is 11.3 Å². The number of aryl methyl sites for hydroxylation is 2. The number of nitrogens with zero attached hydrogens (tertiary/aromatic N) is 1. The molecule has 1 aromatic rings. The highest BCUT2D eigenvalue weighted by atomic mass is 32.1. The maximum atomic E-state index is 5.40. The van der Waals surface area contributed by atoms with Crippen molar-refractivity contribution in [2.24, 2.45) is 0 Å². The molecule has 98 valence electrons. The second kappa shape index (κ2) is 6.60. The van der Waals surface area contributed by atoms with Gasteiger partial charge in [0.1, 0.15) is 6.54 Å². The molecule has 1 heterocycles. The number of thiazole rings is 1. The zero-order chi connectivity index (χ0) is 12.9. The second-order valence-electron chi connectivity index (χ2n) is 3.95. The van der Waals surface area contributed by atoms with Gasteiger partial charge in [-0.3, -0.25) is 0 Å². The first kappa shape index (κ1) is 14.8. The summed E-state index contributed by atoms with van der Waals surface area (Å²) in [5.74, 6) is 0. The monoisotopic (exact) mass is 276 g/mol. The van der Waals surface area contributed by atoms with E-state index in [-0.39, 0.29) is 0 Å². The highest BCUT2D eigenvalue weighted by molar-refractivity contribution is 7.09. The molecule has 0 aliphatic carbocycles. The molecule has 0 atom stereocenters. The topological polar surface area (TPSA) is 31.6 Å². The van der Waals surface area contributed by atoms with E-state index in [0.717, 1.165) is 19.0 Å². The van der Waals surface area contributed by atoms with Crippen LogP contribution in [0.5, 0.6) is 0 Å². The van der Waals surface area contributed by atoms with E-state index in [0.29, 0.717) is 0 Å². The molecule has 17 heavy (non-hydrogen) atoms. The van der Waals surface area contributed by atoms with Crippen LogP contribution in [0.1, 0.15) is 17.1 Å². The summed E-state index contributed by atoms with van der Waals surface area (Å²) in [4.78, 5) is 0. The van der Waals surface area contributed by atoms with Crippen molar-refractivity contribution in [3.63, 3.8) is 0 Å². The van der Waals surface area contributed by atoms with Crippen molar-refractivity contribution in [1.29, 1.82) is 0 Å². The molecule has 0 bridgehead atoms. The minimum absolute atomic E-state index is 0.845. The largest absolute Gasteiger partial charge is 0.500 e. The molecule has 1 rings (SSSR count). The zero-order valence-electron chi connectivity index (χ0n) is 11.3. The van der Waals surface area contributed by atoms with Crippen LogP contribution in [0.25, 0.3) is 0 Å². The molecule has 0 fully saturated rings. The summed E-state index contributed by atoms with van der Waals surface area (Å²) in [5, 5.41) is 3.52. The Labute approximate surface area is 109 Å². The average molecular weight is 276 g/mol. The number of rotatable bonds is 7. The average Bonchev–Trinajstić information content (AvgIpc) is 2.66. The Morgan fingerprint density at radius 2 is 1.76 bits per heavy atom. The first-order valence-corrected chi connectivity index (χ1v) is 8.49. The maximum Gasteiger partial charge on any atom is 0.500 e. The van der Waals surface area contributed by atoms with Gasteiger partial charge in [0.05, 0.1) is 5.38 Å². The second-order valence-corrected chi connectivity index (χ2v) is 8.10. The maximum absolute atomic E-state index is 5.40. The van der Waals surface area contributed by atoms with E-state index in [1.807, 2.05) is 0 Å². The summed E-state index contributed by atoms with van der Waals surface area (Å²) in [6, 6.07) is 0.845. The lowest BCUT2D eigenvalue weighted by molar-refractivity contribution is -0.703. The molecule has 4 nitrogen and oxygen atoms in total. The van der Waals surface area contributed by atoms with Gasteiger partial charge in [-0.25, -0.2) is 0 Å². The molecule has 1 aromatic heterocycles. The van der Waals surface area contributed by atoms with E-state index in [9.17, 15) is 0 Å². The smallest absolute Gasteiger partial charge is 0.377 e. The third kappa shape index (κ3) is 3.59. The SMILES string of the molecule is CO[Si](CCC[n+]1c(C)csc1C)(OC)OC. The van der Waals surface area contributed by atoms with Crippen LogP contribution in [0.3, 0.4) is 0 Å². The normalized spacial score (nSPS) is 12.1. The minimum atomic E-state index is -2.40. The fraction of sp³-hybridized carbons (Fsp3) is 0.727. The molecule has 0 spiro atoms. The Kier molecular flexibility index (Phi) is 5.74. The van der Waals surface area contributed by atoms with Crippen molar-refractivity contribution in [1.82, 2.24) is 0 Å². The van der Waals surface area contributed by atoms with Gasteiger partial charge < -0.3 is 13.3 Å². The summed E-state index contributed by atoms with van der Waals surface area (Å²) >= 11 is 1.79. The molecule has 0 aliphatic rings. The first-order chi connectivity index (χ1) is 8.08. The predicted molar refractivity (Wildman–Crippen MR) is 70.2 cm³/mol. The minimum Gasteiger partial charge on any atom is -0.377 e. The van der Waals surface area contributed by atoms with E-state index in [4.69, 9.17) is 13.3 Å². The quantitative estimate of drug-likeness (QED) is 0.563. The van der Waals surface area contributed by atoms with Gasteiger partial charge in [0.25, 0.3) is 0 Å². The van der Waals surface area contributed by atoms with E-state index < -0.39 is 8.80 Å². The standard InChI is InChI=1S/C11H22NO3SSi/c1-10-9-16-11(2)12(10)7-6-8-17(13-3,14-4)15-5/h9H,6-8H2,1-5H3/q+1. The molecular formula is C11H22NO3SSi+. The van der Waals surface area contributed by atoms with Crippen LogP contribution in [-0.4, -0.2) is 30.1 Å². The Balaban J connectivity index is 2.52. The van der Waals surface area contributed by atoms with Crippen LogP contribution >= 0.6 is 11.3 Å². The molecule has 0 amide bonds. The van der Waals surface area contributed by atoms with Crippen LogP contribution in [0.15, 0.2) is 5.38 Å². The van der Waals surface area contributed by atoms with Gasteiger partial charge in [0.2, 0.25) is 5.01 Å². The highest BCUT2D eigenvalue weighted by Crippen LogP contribution is 2.15. The van der Waals surface area contributed by atoms with Crippen molar-refractivity contribution >= 4 is 20.1 Å². The third-order valence-corrected chi connectivity index (χ3v) is 6.86. The van der Waals surface area contributed by atoms with Crippen LogP contribution in [0.2, 0.25) is 6.04 Å². The number of hydrogen-bond acceptors (Lipinski definition) is 4. The first-order valence-electron chi connectivity index (χ1n) is 5.68. The van der Waals surface area contributed by atoms with Gasteiger partial charge in [-0.2, -0.15) is 4.57 Å². The predicted octanol–water partition coefficient (Wildman–Crippen LogP) is 1.92. The number of aromatic nitrogens is 1. The van der Waals surface area contributed by atoms with Crippen molar-refractivity contribution < 1.29 is 17.8 Å². The highest BCUT2D eigenvalue weighted by Gasteiger charge is 2.37. The van der Waals surface area contributed by atoms with E-state index in [1.165, 1.54) is 10.7 Å². The molecule has 0 aliphatic heterocycles. The van der Waals surface area contributed by atoms with Crippen LogP contribution in [0, 0.1) is 13.8 Å². The fourth-order valence-electron chi connectivity index (χ4n) is 1.89. The molecular weight excluding hydrogens is 254 g/mol. The van der Waals surface area contributed by atoms with E-state index in [2.05, 4.69) is 23.8 Å². The molecule has 0 unspecified atom stereocenters. The Morgan fingerprint density at radius 3 is 2.18 bits per heavy atom. The van der Waals surface area contributed by atoms with Crippen molar-refractivity contribution in [2.45, 2.75) is 32.9 Å². The zero-order valence-corrected chi connectivity index (χ0v) is 13.1. The van der Waals surface area contributed by atoms with E-state index >= 15 is 0 Å². The van der Waals surface area contributed by atoms with Crippen molar-refractivity contribution in [3.05, 3.63) is 16.1 Å². The summed E-state index contributed by atoms with van der Waals surface area (Å²) < 4.78 is 18.5. The van der Waals surface area contributed by atoms with Gasteiger partial charge in [-0.15, -0.1) is 0 Å². The van der Waals surface area contributed by atoms with Crippen molar-refractivity contribution in [3.8, 4) is 0 Å². The summed E-state index contributed by atoms with van der Waals surface area (Å²) in [7, 11) is 2.58. The Hall–Kier alpha value is -0.273. The lowest BCUT2D eigenvalue weighted by atomic mass is 10.4. The Bertz CT molecular complexity index is 325. The summed E-state index contributed by atoms with van der Waals surface area (Å²) in [6.45, 7) is 5.27. The molecule has 0 radical (unpaired) electrons.